The van der Waals surface area contributed by atoms with Gasteiger partial charge in [-0.1, -0.05) is 0 Å². The van der Waals surface area contributed by atoms with E-state index in [2.05, 4.69) is 5.32 Å². The van der Waals surface area contributed by atoms with Crippen molar-refractivity contribution in [3.8, 4) is 0 Å². The molecule has 1 unspecified atom stereocenters. The van der Waals surface area contributed by atoms with Gasteiger partial charge in [0.25, 0.3) is 0 Å². The van der Waals surface area contributed by atoms with Crippen LogP contribution < -0.4 is 11.1 Å². The van der Waals surface area contributed by atoms with Crippen LogP contribution in [0.25, 0.3) is 0 Å². The third-order valence-corrected chi connectivity index (χ3v) is 2.62. The SMILES string of the molecule is CC(C)(C)OC(=O)CC[C@H](NC1(N)CO1)C(=O)OC(C)(C)C. The average molecular weight is 316 g/mol. The van der Waals surface area contributed by atoms with E-state index >= 15 is 0 Å². The number of ether oxygens (including phenoxy) is 3. The first-order valence-corrected chi connectivity index (χ1v) is 7.45. The fourth-order valence-electron chi connectivity index (χ4n) is 1.73. The van der Waals surface area contributed by atoms with Crippen molar-refractivity contribution in [2.75, 3.05) is 6.61 Å². The van der Waals surface area contributed by atoms with E-state index in [0.29, 0.717) is 6.61 Å². The molecule has 1 aliphatic heterocycles. The second kappa shape index (κ2) is 6.52. The Morgan fingerprint density at radius 2 is 1.68 bits per heavy atom. The van der Waals surface area contributed by atoms with Crippen LogP contribution >= 0.6 is 0 Å². The predicted octanol–water partition coefficient (Wildman–Crippen LogP) is 1.05. The van der Waals surface area contributed by atoms with Crippen molar-refractivity contribution in [2.24, 2.45) is 5.73 Å². The lowest BCUT2D eigenvalue weighted by Crippen LogP contribution is -2.52. The molecule has 0 aromatic rings. The molecule has 0 spiro atoms. The monoisotopic (exact) mass is 316 g/mol. The maximum Gasteiger partial charge on any atom is 0.323 e. The first kappa shape index (κ1) is 18.9. The molecule has 1 rings (SSSR count). The number of hydrogen-bond donors (Lipinski definition) is 2. The van der Waals surface area contributed by atoms with E-state index in [1.807, 2.05) is 0 Å². The Balaban J connectivity index is 2.58. The third kappa shape index (κ3) is 7.72. The molecule has 0 amide bonds. The zero-order valence-corrected chi connectivity index (χ0v) is 14.3. The van der Waals surface area contributed by atoms with Gasteiger partial charge >= 0.3 is 11.9 Å². The maximum absolute atomic E-state index is 12.2. The third-order valence-electron chi connectivity index (χ3n) is 2.62. The summed E-state index contributed by atoms with van der Waals surface area (Å²) in [6.45, 7) is 11.0. The molecule has 2 atom stereocenters. The number of hydrogen-bond acceptors (Lipinski definition) is 7. The minimum Gasteiger partial charge on any atom is -0.460 e. The van der Waals surface area contributed by atoms with Crippen molar-refractivity contribution < 1.29 is 23.8 Å². The summed E-state index contributed by atoms with van der Waals surface area (Å²) in [5.74, 6) is -1.84. The first-order valence-electron chi connectivity index (χ1n) is 7.45. The summed E-state index contributed by atoms with van der Waals surface area (Å²) in [7, 11) is 0. The van der Waals surface area contributed by atoms with Crippen LogP contribution in [0.3, 0.4) is 0 Å². The van der Waals surface area contributed by atoms with Crippen molar-refractivity contribution in [1.29, 1.82) is 0 Å². The van der Waals surface area contributed by atoms with E-state index in [1.54, 1.807) is 41.5 Å². The van der Waals surface area contributed by atoms with Crippen LogP contribution in [0, 0.1) is 0 Å². The molecule has 0 aromatic carbocycles. The van der Waals surface area contributed by atoms with Gasteiger partial charge in [-0.25, -0.2) is 0 Å². The lowest BCUT2D eigenvalue weighted by molar-refractivity contribution is -0.159. The summed E-state index contributed by atoms with van der Waals surface area (Å²) in [5.41, 5.74) is 4.63. The minimum absolute atomic E-state index is 0.0876. The normalized spacial score (nSPS) is 22.9. The standard InChI is InChI=1S/C15H28N2O5/c1-13(2,3)21-11(18)8-7-10(17-15(16)9-20-15)12(19)22-14(4,5)6/h10,17H,7-9,16H2,1-6H3/t10-,15?/m0/s1. The van der Waals surface area contributed by atoms with Crippen LogP contribution in [0.2, 0.25) is 0 Å². The Kier molecular flexibility index (Phi) is 5.59. The molecule has 1 saturated heterocycles. The maximum atomic E-state index is 12.2. The summed E-state index contributed by atoms with van der Waals surface area (Å²) < 4.78 is 15.6. The summed E-state index contributed by atoms with van der Waals surface area (Å²) in [6, 6.07) is -0.723. The Morgan fingerprint density at radius 3 is 2.09 bits per heavy atom. The van der Waals surface area contributed by atoms with Crippen LogP contribution in [0.1, 0.15) is 54.4 Å². The van der Waals surface area contributed by atoms with E-state index in [0.717, 1.165) is 0 Å². The van der Waals surface area contributed by atoms with Crippen molar-refractivity contribution in [2.45, 2.75) is 77.5 Å². The molecule has 3 N–H and O–H groups in total. The quantitative estimate of drug-likeness (QED) is 0.429. The van der Waals surface area contributed by atoms with Crippen LogP contribution in [0.15, 0.2) is 0 Å². The Bertz CT molecular complexity index is 419. The summed E-state index contributed by atoms with van der Waals surface area (Å²) in [5, 5.41) is 2.88. The molecule has 0 aliphatic carbocycles. The summed E-state index contributed by atoms with van der Waals surface area (Å²) >= 11 is 0. The molecule has 1 aliphatic rings. The molecule has 128 valence electrons. The Morgan fingerprint density at radius 1 is 1.18 bits per heavy atom. The van der Waals surface area contributed by atoms with Gasteiger partial charge in [-0.05, 0) is 48.0 Å². The second-order valence-electron chi connectivity index (χ2n) is 7.53. The largest absolute Gasteiger partial charge is 0.460 e. The number of esters is 2. The van der Waals surface area contributed by atoms with Crippen LogP contribution in [-0.2, 0) is 23.8 Å². The van der Waals surface area contributed by atoms with Crippen LogP contribution in [0.5, 0.6) is 0 Å². The molecule has 0 saturated carbocycles. The van der Waals surface area contributed by atoms with E-state index in [4.69, 9.17) is 19.9 Å². The molecule has 22 heavy (non-hydrogen) atoms. The summed E-state index contributed by atoms with van der Waals surface area (Å²) in [4.78, 5) is 24.0. The van der Waals surface area contributed by atoms with Gasteiger partial charge in [-0.3, -0.25) is 20.6 Å². The summed E-state index contributed by atoms with van der Waals surface area (Å²) in [6.07, 6.45) is 0.316. The molecule has 0 radical (unpaired) electrons. The van der Waals surface area contributed by atoms with Gasteiger partial charge in [0.05, 0.1) is 0 Å². The number of nitrogens with two attached hydrogens (primary N) is 1. The van der Waals surface area contributed by atoms with Gasteiger partial charge in [0.2, 0.25) is 0 Å². The van der Waals surface area contributed by atoms with Gasteiger partial charge in [0, 0.05) is 6.42 Å². The Hall–Kier alpha value is -1.18. The number of rotatable bonds is 6. The van der Waals surface area contributed by atoms with Gasteiger partial charge in [-0.2, -0.15) is 0 Å². The zero-order chi connectivity index (χ0) is 17.2. The zero-order valence-electron chi connectivity index (χ0n) is 14.3. The highest BCUT2D eigenvalue weighted by Crippen LogP contribution is 2.20. The van der Waals surface area contributed by atoms with Crippen molar-refractivity contribution >= 4 is 11.9 Å². The lowest BCUT2D eigenvalue weighted by Gasteiger charge is -2.26. The molecular weight excluding hydrogens is 288 g/mol. The molecule has 1 fully saturated rings. The number of nitrogens with one attached hydrogen (secondary N) is 1. The molecule has 0 aromatic heterocycles. The van der Waals surface area contributed by atoms with Gasteiger partial charge in [0.15, 0.2) is 5.85 Å². The van der Waals surface area contributed by atoms with Gasteiger partial charge in [-0.15, -0.1) is 0 Å². The molecule has 7 nitrogen and oxygen atoms in total. The fraction of sp³-hybridized carbons (Fsp3) is 0.867. The van der Waals surface area contributed by atoms with E-state index < -0.39 is 29.1 Å². The predicted molar refractivity (Wildman–Crippen MR) is 80.7 cm³/mol. The van der Waals surface area contributed by atoms with Crippen molar-refractivity contribution in [3.63, 3.8) is 0 Å². The smallest absolute Gasteiger partial charge is 0.323 e. The highest BCUT2D eigenvalue weighted by molar-refractivity contribution is 5.78. The molecule has 7 heteroatoms. The molecule has 1 heterocycles. The number of epoxide rings is 1. The highest BCUT2D eigenvalue weighted by Gasteiger charge is 2.44. The van der Waals surface area contributed by atoms with Crippen LogP contribution in [-0.4, -0.2) is 41.6 Å². The Labute approximate surface area is 131 Å². The van der Waals surface area contributed by atoms with Gasteiger partial charge < -0.3 is 14.2 Å². The van der Waals surface area contributed by atoms with Crippen molar-refractivity contribution in [1.82, 2.24) is 5.32 Å². The minimum atomic E-state index is -1.00. The molecular formula is C15H28N2O5. The average Bonchev–Trinajstić information content (AvgIpc) is 2.98. The molecule has 0 bridgehead atoms. The topological polar surface area (TPSA) is 103 Å². The van der Waals surface area contributed by atoms with E-state index in [9.17, 15) is 9.59 Å². The van der Waals surface area contributed by atoms with Crippen molar-refractivity contribution in [3.05, 3.63) is 0 Å². The lowest BCUT2D eigenvalue weighted by atomic mass is 10.1. The highest BCUT2D eigenvalue weighted by atomic mass is 16.6. The number of carbonyl (C=O) groups excluding carboxylic acids is 2. The van der Waals surface area contributed by atoms with E-state index in [1.165, 1.54) is 0 Å². The fourth-order valence-corrected chi connectivity index (χ4v) is 1.73. The number of carbonyl (C=O) groups is 2. The second-order valence-corrected chi connectivity index (χ2v) is 7.53. The first-order chi connectivity index (χ1) is 9.80. The van der Waals surface area contributed by atoms with Gasteiger partial charge in [0.1, 0.15) is 23.9 Å². The van der Waals surface area contributed by atoms with E-state index in [-0.39, 0.29) is 18.8 Å². The van der Waals surface area contributed by atoms with Crippen LogP contribution in [0.4, 0.5) is 0 Å².